The van der Waals surface area contributed by atoms with Crippen molar-refractivity contribution >= 4 is 33.6 Å². The number of carbonyl (C=O) groups excluding carboxylic acids is 1. The molecule has 1 unspecified atom stereocenters. The summed E-state index contributed by atoms with van der Waals surface area (Å²) in [5.41, 5.74) is 0.581. The fourth-order valence-corrected chi connectivity index (χ4v) is 1.98. The van der Waals surface area contributed by atoms with Crippen LogP contribution in [0.2, 0.25) is 0 Å². The topological polar surface area (TPSA) is 87.7 Å². The maximum Gasteiger partial charge on any atom is 0.326 e. The number of amides is 2. The number of carboxylic acid groups (broad SMARTS) is 1. The number of anilines is 1. The number of nitrogens with one attached hydrogen (secondary N) is 2. The molecule has 0 saturated heterocycles. The molecule has 1 rings (SSSR count). The van der Waals surface area contributed by atoms with E-state index in [0.29, 0.717) is 25.1 Å². The standard InChI is InChI=1S/C13H17BrN2O4/c1-20-7-3-6-11(12(17)18)16-13(19)15-10-5-2-4-9(14)8-10/h2,4-5,8,11H,3,6-7H2,1H3,(H,17,18)(H2,15,16,19). The van der Waals surface area contributed by atoms with Gasteiger partial charge in [0.25, 0.3) is 0 Å². The second-order valence-corrected chi connectivity index (χ2v) is 5.05. The zero-order valence-corrected chi connectivity index (χ0v) is 12.6. The normalized spacial score (nSPS) is 11.7. The fourth-order valence-electron chi connectivity index (χ4n) is 1.58. The number of aliphatic carboxylic acids is 1. The highest BCUT2D eigenvalue weighted by molar-refractivity contribution is 9.10. The lowest BCUT2D eigenvalue weighted by atomic mass is 10.1. The highest BCUT2D eigenvalue weighted by Crippen LogP contribution is 2.15. The van der Waals surface area contributed by atoms with Crippen LogP contribution in [0.3, 0.4) is 0 Å². The Morgan fingerprint density at radius 2 is 2.20 bits per heavy atom. The molecule has 2 amide bonds. The van der Waals surface area contributed by atoms with Crippen LogP contribution < -0.4 is 10.6 Å². The molecular weight excluding hydrogens is 328 g/mol. The van der Waals surface area contributed by atoms with Crippen LogP contribution in [0.5, 0.6) is 0 Å². The third-order valence-electron chi connectivity index (χ3n) is 2.53. The molecule has 1 aromatic rings. The molecule has 0 fully saturated rings. The van der Waals surface area contributed by atoms with Gasteiger partial charge in [0.05, 0.1) is 0 Å². The van der Waals surface area contributed by atoms with Gasteiger partial charge in [0.2, 0.25) is 0 Å². The Bertz CT molecular complexity index is 467. The summed E-state index contributed by atoms with van der Waals surface area (Å²) >= 11 is 3.29. The summed E-state index contributed by atoms with van der Waals surface area (Å²) in [6.45, 7) is 0.457. The summed E-state index contributed by atoms with van der Waals surface area (Å²) in [6.07, 6.45) is 0.875. The van der Waals surface area contributed by atoms with Crippen LogP contribution in [0.15, 0.2) is 28.7 Å². The van der Waals surface area contributed by atoms with Gasteiger partial charge in [0.1, 0.15) is 6.04 Å². The van der Waals surface area contributed by atoms with Gasteiger partial charge in [-0.3, -0.25) is 0 Å². The molecule has 0 aliphatic rings. The lowest BCUT2D eigenvalue weighted by molar-refractivity contribution is -0.139. The van der Waals surface area contributed by atoms with Crippen molar-refractivity contribution in [1.82, 2.24) is 5.32 Å². The number of carbonyl (C=O) groups is 2. The molecule has 1 atom stereocenters. The Hall–Kier alpha value is -1.60. The zero-order chi connectivity index (χ0) is 15.0. The van der Waals surface area contributed by atoms with E-state index in [1.165, 1.54) is 0 Å². The lowest BCUT2D eigenvalue weighted by Gasteiger charge is -2.15. The summed E-state index contributed by atoms with van der Waals surface area (Å²) in [5.74, 6) is -1.06. The van der Waals surface area contributed by atoms with Gasteiger partial charge in [0, 0.05) is 23.9 Å². The number of ether oxygens (including phenoxy) is 1. The SMILES string of the molecule is COCCCC(NC(=O)Nc1cccc(Br)c1)C(=O)O. The van der Waals surface area contributed by atoms with Gasteiger partial charge in [0.15, 0.2) is 0 Å². The number of urea groups is 1. The van der Waals surface area contributed by atoms with Crippen LogP contribution in [-0.2, 0) is 9.53 Å². The smallest absolute Gasteiger partial charge is 0.326 e. The molecule has 0 aliphatic carbocycles. The molecule has 0 heterocycles. The summed E-state index contributed by atoms with van der Waals surface area (Å²) in [6, 6.07) is 5.55. The Kier molecular flexibility index (Phi) is 7.03. The second-order valence-electron chi connectivity index (χ2n) is 4.13. The minimum absolute atomic E-state index is 0.315. The minimum atomic E-state index is -1.06. The first-order chi connectivity index (χ1) is 9.52. The van der Waals surface area contributed by atoms with Crippen molar-refractivity contribution in [2.75, 3.05) is 19.0 Å². The van der Waals surface area contributed by atoms with E-state index in [4.69, 9.17) is 9.84 Å². The fraction of sp³-hybridized carbons (Fsp3) is 0.385. The number of hydrogen-bond acceptors (Lipinski definition) is 3. The largest absolute Gasteiger partial charge is 0.480 e. The molecule has 0 bridgehead atoms. The highest BCUT2D eigenvalue weighted by Gasteiger charge is 2.19. The molecule has 20 heavy (non-hydrogen) atoms. The number of methoxy groups -OCH3 is 1. The molecule has 0 radical (unpaired) electrons. The average molecular weight is 345 g/mol. The lowest BCUT2D eigenvalue weighted by Crippen LogP contribution is -2.43. The first kappa shape index (κ1) is 16.5. The molecule has 110 valence electrons. The van der Waals surface area contributed by atoms with E-state index in [2.05, 4.69) is 26.6 Å². The molecule has 3 N–H and O–H groups in total. The van der Waals surface area contributed by atoms with E-state index >= 15 is 0 Å². The number of benzene rings is 1. The van der Waals surface area contributed by atoms with Crippen LogP contribution in [0.25, 0.3) is 0 Å². The van der Waals surface area contributed by atoms with E-state index < -0.39 is 18.0 Å². The Balaban J connectivity index is 2.51. The van der Waals surface area contributed by atoms with E-state index in [-0.39, 0.29) is 0 Å². The van der Waals surface area contributed by atoms with Crippen molar-refractivity contribution in [3.63, 3.8) is 0 Å². The van der Waals surface area contributed by atoms with Crippen molar-refractivity contribution in [3.05, 3.63) is 28.7 Å². The summed E-state index contributed by atoms with van der Waals surface area (Å²) < 4.78 is 5.68. The van der Waals surface area contributed by atoms with Crippen LogP contribution in [0, 0.1) is 0 Å². The molecule has 0 aromatic heterocycles. The van der Waals surface area contributed by atoms with Gasteiger partial charge >= 0.3 is 12.0 Å². The maximum absolute atomic E-state index is 11.7. The summed E-state index contributed by atoms with van der Waals surface area (Å²) in [5, 5.41) is 14.0. The molecule has 6 nitrogen and oxygen atoms in total. The van der Waals surface area contributed by atoms with E-state index in [1.54, 1.807) is 25.3 Å². The second kappa shape index (κ2) is 8.55. The van der Waals surface area contributed by atoms with Gasteiger partial charge in [-0.05, 0) is 31.0 Å². The maximum atomic E-state index is 11.7. The summed E-state index contributed by atoms with van der Waals surface area (Å²) in [7, 11) is 1.54. The first-order valence-corrected chi connectivity index (χ1v) is 6.87. The monoisotopic (exact) mass is 344 g/mol. The molecule has 1 aromatic carbocycles. The van der Waals surface area contributed by atoms with Crippen LogP contribution in [0.1, 0.15) is 12.8 Å². The Morgan fingerprint density at radius 1 is 1.45 bits per heavy atom. The van der Waals surface area contributed by atoms with Crippen molar-refractivity contribution in [1.29, 1.82) is 0 Å². The third kappa shape index (κ3) is 6.03. The molecule has 7 heteroatoms. The first-order valence-electron chi connectivity index (χ1n) is 6.07. The minimum Gasteiger partial charge on any atom is -0.480 e. The van der Waals surface area contributed by atoms with Crippen LogP contribution in [-0.4, -0.2) is 36.9 Å². The predicted molar refractivity (Wildman–Crippen MR) is 78.8 cm³/mol. The molecular formula is C13H17BrN2O4. The van der Waals surface area contributed by atoms with Gasteiger partial charge in [-0.1, -0.05) is 22.0 Å². The predicted octanol–water partition coefficient (Wildman–Crippen LogP) is 2.45. The quantitative estimate of drug-likeness (QED) is 0.663. The Labute approximate surface area is 125 Å². The molecule has 0 spiro atoms. The van der Waals surface area contributed by atoms with E-state index in [0.717, 1.165) is 4.47 Å². The van der Waals surface area contributed by atoms with E-state index in [9.17, 15) is 9.59 Å². The number of hydrogen-bond donors (Lipinski definition) is 3. The van der Waals surface area contributed by atoms with Crippen molar-refractivity contribution < 1.29 is 19.4 Å². The Morgan fingerprint density at radius 3 is 2.80 bits per heavy atom. The third-order valence-corrected chi connectivity index (χ3v) is 3.02. The van der Waals surface area contributed by atoms with Crippen LogP contribution in [0.4, 0.5) is 10.5 Å². The zero-order valence-electron chi connectivity index (χ0n) is 11.1. The number of halogens is 1. The van der Waals surface area contributed by atoms with Gasteiger partial charge < -0.3 is 20.5 Å². The molecule has 0 saturated carbocycles. The number of carboxylic acids is 1. The van der Waals surface area contributed by atoms with Crippen molar-refractivity contribution in [3.8, 4) is 0 Å². The van der Waals surface area contributed by atoms with Crippen LogP contribution >= 0.6 is 15.9 Å². The number of rotatable bonds is 7. The van der Waals surface area contributed by atoms with Crippen molar-refractivity contribution in [2.45, 2.75) is 18.9 Å². The van der Waals surface area contributed by atoms with E-state index in [1.807, 2.05) is 6.07 Å². The van der Waals surface area contributed by atoms with Gasteiger partial charge in [-0.2, -0.15) is 0 Å². The van der Waals surface area contributed by atoms with Crippen molar-refractivity contribution in [2.24, 2.45) is 0 Å². The summed E-state index contributed by atoms with van der Waals surface area (Å²) in [4.78, 5) is 22.8. The average Bonchev–Trinajstić information content (AvgIpc) is 2.37. The van der Waals surface area contributed by atoms with Gasteiger partial charge in [-0.25, -0.2) is 9.59 Å². The molecule has 0 aliphatic heterocycles. The van der Waals surface area contributed by atoms with Gasteiger partial charge in [-0.15, -0.1) is 0 Å². The highest BCUT2D eigenvalue weighted by atomic mass is 79.9.